The molecule has 2 rings (SSSR count). The normalized spacial score (nSPS) is 12.1. The van der Waals surface area contributed by atoms with Gasteiger partial charge in [0.15, 0.2) is 0 Å². The molecule has 3 nitrogen and oxygen atoms in total. The molecule has 0 saturated carbocycles. The molecule has 1 aromatic carbocycles. The van der Waals surface area contributed by atoms with Crippen LogP contribution in [-0.4, -0.2) is 18.1 Å². The summed E-state index contributed by atoms with van der Waals surface area (Å²) in [6, 6.07) is 10.9. The number of benzene rings is 1. The summed E-state index contributed by atoms with van der Waals surface area (Å²) in [6.45, 7) is 5.24. The molecule has 0 fully saturated rings. The first kappa shape index (κ1) is 15.5. The zero-order valence-electron chi connectivity index (χ0n) is 13.1. The number of methoxy groups -OCH3 is 1. The molecular formula is C18H24N2O. The van der Waals surface area contributed by atoms with Crippen LogP contribution in [0.15, 0.2) is 42.7 Å². The van der Waals surface area contributed by atoms with Gasteiger partial charge in [-0.15, -0.1) is 0 Å². The Labute approximate surface area is 127 Å². The van der Waals surface area contributed by atoms with Crippen molar-refractivity contribution in [3.63, 3.8) is 0 Å². The Morgan fingerprint density at radius 1 is 1.19 bits per heavy atom. The first-order chi connectivity index (χ1) is 10.2. The second-order valence-electron chi connectivity index (χ2n) is 5.47. The highest BCUT2D eigenvalue weighted by molar-refractivity contribution is 5.27. The molecule has 2 aromatic rings. The van der Waals surface area contributed by atoms with Gasteiger partial charge in [0.25, 0.3) is 0 Å². The summed E-state index contributed by atoms with van der Waals surface area (Å²) in [7, 11) is 1.70. The van der Waals surface area contributed by atoms with Crippen LogP contribution in [0.5, 0.6) is 5.75 Å². The van der Waals surface area contributed by atoms with E-state index < -0.39 is 0 Å². The third-order valence-corrected chi connectivity index (χ3v) is 3.80. The SMILES string of the molecule is COc1ccc(CCC(C)NCc2ccncc2C)cc1. The molecule has 0 saturated heterocycles. The van der Waals surface area contributed by atoms with Crippen molar-refractivity contribution in [2.24, 2.45) is 0 Å². The molecule has 0 bridgehead atoms. The smallest absolute Gasteiger partial charge is 0.118 e. The number of aromatic nitrogens is 1. The van der Waals surface area contributed by atoms with E-state index in [1.807, 2.05) is 24.5 Å². The lowest BCUT2D eigenvalue weighted by molar-refractivity contribution is 0.414. The fourth-order valence-corrected chi connectivity index (χ4v) is 2.26. The van der Waals surface area contributed by atoms with Crippen LogP contribution in [0.4, 0.5) is 0 Å². The minimum absolute atomic E-state index is 0.486. The van der Waals surface area contributed by atoms with E-state index in [2.05, 4.69) is 42.3 Å². The molecule has 0 aliphatic rings. The fraction of sp³-hybridized carbons (Fsp3) is 0.389. The monoisotopic (exact) mass is 284 g/mol. The summed E-state index contributed by atoms with van der Waals surface area (Å²) in [6.07, 6.45) is 5.97. The summed E-state index contributed by atoms with van der Waals surface area (Å²) in [4.78, 5) is 4.12. The summed E-state index contributed by atoms with van der Waals surface area (Å²) in [5.74, 6) is 0.915. The van der Waals surface area contributed by atoms with Crippen LogP contribution in [0.2, 0.25) is 0 Å². The molecule has 1 aromatic heterocycles. The van der Waals surface area contributed by atoms with Crippen LogP contribution < -0.4 is 10.1 Å². The highest BCUT2D eigenvalue weighted by Crippen LogP contribution is 2.13. The molecule has 3 heteroatoms. The van der Waals surface area contributed by atoms with Gasteiger partial charge in [-0.25, -0.2) is 0 Å². The third kappa shape index (κ3) is 4.87. The average Bonchev–Trinajstić information content (AvgIpc) is 2.52. The van der Waals surface area contributed by atoms with Crippen molar-refractivity contribution >= 4 is 0 Å². The number of aryl methyl sites for hydroxylation is 2. The molecule has 1 atom stereocenters. The fourth-order valence-electron chi connectivity index (χ4n) is 2.26. The van der Waals surface area contributed by atoms with Crippen molar-refractivity contribution in [3.05, 3.63) is 59.4 Å². The number of hydrogen-bond acceptors (Lipinski definition) is 3. The van der Waals surface area contributed by atoms with Crippen molar-refractivity contribution in [2.45, 2.75) is 39.3 Å². The Balaban J connectivity index is 1.76. The first-order valence-corrected chi connectivity index (χ1v) is 7.45. The van der Waals surface area contributed by atoms with Crippen molar-refractivity contribution < 1.29 is 4.74 Å². The molecule has 0 amide bonds. The van der Waals surface area contributed by atoms with Gasteiger partial charge in [-0.2, -0.15) is 0 Å². The molecule has 1 heterocycles. The maximum Gasteiger partial charge on any atom is 0.118 e. The molecular weight excluding hydrogens is 260 g/mol. The van der Waals surface area contributed by atoms with Gasteiger partial charge in [0.05, 0.1) is 7.11 Å². The van der Waals surface area contributed by atoms with Crippen LogP contribution in [0, 0.1) is 6.92 Å². The Morgan fingerprint density at radius 3 is 2.62 bits per heavy atom. The van der Waals surface area contributed by atoms with Gasteiger partial charge >= 0.3 is 0 Å². The number of nitrogens with zero attached hydrogens (tertiary/aromatic N) is 1. The van der Waals surface area contributed by atoms with E-state index in [1.54, 1.807) is 7.11 Å². The molecule has 0 aliphatic carbocycles. The van der Waals surface area contributed by atoms with Gasteiger partial charge in [0.2, 0.25) is 0 Å². The van der Waals surface area contributed by atoms with Gasteiger partial charge in [-0.05, 0) is 61.6 Å². The molecule has 1 N–H and O–H groups in total. The van der Waals surface area contributed by atoms with Crippen molar-refractivity contribution in [1.82, 2.24) is 10.3 Å². The highest BCUT2D eigenvalue weighted by Gasteiger charge is 2.04. The standard InChI is InChI=1S/C18H24N2O/c1-14-12-19-11-10-17(14)13-20-15(2)4-5-16-6-8-18(21-3)9-7-16/h6-12,15,20H,4-5,13H2,1-3H3. The second kappa shape index (κ2) is 7.79. The molecule has 0 radical (unpaired) electrons. The van der Waals surface area contributed by atoms with Crippen LogP contribution >= 0.6 is 0 Å². The van der Waals surface area contributed by atoms with Crippen LogP contribution in [0.1, 0.15) is 30.0 Å². The molecule has 21 heavy (non-hydrogen) atoms. The van der Waals surface area contributed by atoms with Crippen molar-refractivity contribution in [2.75, 3.05) is 7.11 Å². The summed E-state index contributed by atoms with van der Waals surface area (Å²) in [5.41, 5.74) is 3.91. The molecule has 1 unspecified atom stereocenters. The lowest BCUT2D eigenvalue weighted by Gasteiger charge is -2.15. The van der Waals surface area contributed by atoms with E-state index >= 15 is 0 Å². The maximum absolute atomic E-state index is 5.18. The zero-order chi connectivity index (χ0) is 15.1. The number of pyridine rings is 1. The Kier molecular flexibility index (Phi) is 5.76. The number of ether oxygens (including phenoxy) is 1. The summed E-state index contributed by atoms with van der Waals surface area (Å²) in [5, 5.41) is 3.58. The number of nitrogens with one attached hydrogen (secondary N) is 1. The summed E-state index contributed by atoms with van der Waals surface area (Å²) < 4.78 is 5.18. The molecule has 0 spiro atoms. The van der Waals surface area contributed by atoms with Gasteiger partial charge < -0.3 is 10.1 Å². The maximum atomic E-state index is 5.18. The topological polar surface area (TPSA) is 34.1 Å². The quantitative estimate of drug-likeness (QED) is 0.845. The van der Waals surface area contributed by atoms with Gasteiger partial charge in [-0.1, -0.05) is 12.1 Å². The van der Waals surface area contributed by atoms with E-state index in [1.165, 1.54) is 16.7 Å². The number of rotatable bonds is 7. The Morgan fingerprint density at radius 2 is 1.95 bits per heavy atom. The highest BCUT2D eigenvalue weighted by atomic mass is 16.5. The van der Waals surface area contributed by atoms with E-state index in [-0.39, 0.29) is 0 Å². The van der Waals surface area contributed by atoms with E-state index in [4.69, 9.17) is 4.74 Å². The lowest BCUT2D eigenvalue weighted by Crippen LogP contribution is -2.26. The van der Waals surface area contributed by atoms with E-state index in [0.717, 1.165) is 25.1 Å². The van der Waals surface area contributed by atoms with Crippen LogP contribution in [-0.2, 0) is 13.0 Å². The minimum Gasteiger partial charge on any atom is -0.497 e. The third-order valence-electron chi connectivity index (χ3n) is 3.80. The molecule has 112 valence electrons. The first-order valence-electron chi connectivity index (χ1n) is 7.45. The molecule has 0 aliphatic heterocycles. The minimum atomic E-state index is 0.486. The summed E-state index contributed by atoms with van der Waals surface area (Å²) >= 11 is 0. The second-order valence-corrected chi connectivity index (χ2v) is 5.47. The van der Waals surface area contributed by atoms with E-state index in [9.17, 15) is 0 Å². The van der Waals surface area contributed by atoms with Gasteiger partial charge in [0.1, 0.15) is 5.75 Å². The number of hydrogen-bond donors (Lipinski definition) is 1. The predicted octanol–water partition coefficient (Wildman–Crippen LogP) is 3.51. The van der Waals surface area contributed by atoms with Gasteiger partial charge in [0, 0.05) is 25.0 Å². The Hall–Kier alpha value is -1.87. The van der Waals surface area contributed by atoms with Crippen LogP contribution in [0.25, 0.3) is 0 Å². The van der Waals surface area contributed by atoms with Crippen molar-refractivity contribution in [1.29, 1.82) is 0 Å². The van der Waals surface area contributed by atoms with Crippen molar-refractivity contribution in [3.8, 4) is 5.75 Å². The average molecular weight is 284 g/mol. The lowest BCUT2D eigenvalue weighted by atomic mass is 10.1. The largest absolute Gasteiger partial charge is 0.497 e. The van der Waals surface area contributed by atoms with Gasteiger partial charge in [-0.3, -0.25) is 4.98 Å². The van der Waals surface area contributed by atoms with E-state index in [0.29, 0.717) is 6.04 Å². The predicted molar refractivity (Wildman–Crippen MR) is 86.6 cm³/mol. The zero-order valence-corrected chi connectivity index (χ0v) is 13.1. The Bertz CT molecular complexity index is 551. The van der Waals surface area contributed by atoms with Crippen LogP contribution in [0.3, 0.4) is 0 Å².